The van der Waals surface area contributed by atoms with Crippen LogP contribution in [0.4, 0.5) is 4.39 Å². The van der Waals surface area contributed by atoms with Gasteiger partial charge in [0.2, 0.25) is 5.96 Å². The minimum absolute atomic E-state index is 0.209. The molecule has 2 unspecified atom stereocenters. The number of benzene rings is 2. The van der Waals surface area contributed by atoms with Gasteiger partial charge in [0.1, 0.15) is 12.5 Å². The molecule has 2 aliphatic rings. The summed E-state index contributed by atoms with van der Waals surface area (Å²) in [6.07, 6.45) is 3.67. The number of aliphatic hydroxyl groups excluding tert-OH is 1. The molecule has 144 valence electrons. The van der Waals surface area contributed by atoms with Crippen LogP contribution >= 0.6 is 11.6 Å². The van der Waals surface area contributed by atoms with E-state index in [1.807, 2.05) is 35.2 Å². The highest BCUT2D eigenvalue weighted by molar-refractivity contribution is 6.30. The van der Waals surface area contributed by atoms with Crippen molar-refractivity contribution >= 4 is 29.5 Å². The van der Waals surface area contributed by atoms with Crippen LogP contribution < -0.4 is 5.32 Å². The molecular formula is C21H20ClFN4O. The summed E-state index contributed by atoms with van der Waals surface area (Å²) in [4.78, 5) is 10.8. The molecule has 0 saturated carbocycles. The second-order valence-electron chi connectivity index (χ2n) is 6.84. The fourth-order valence-electron chi connectivity index (χ4n) is 3.32. The molecule has 0 spiro atoms. The maximum atomic E-state index is 13.1. The number of hydrogen-bond donors (Lipinski definition) is 2. The van der Waals surface area contributed by atoms with E-state index in [1.165, 1.54) is 12.1 Å². The Morgan fingerprint density at radius 2 is 1.89 bits per heavy atom. The molecule has 28 heavy (non-hydrogen) atoms. The number of nitrogens with one attached hydrogen (secondary N) is 1. The lowest BCUT2D eigenvalue weighted by Gasteiger charge is -2.24. The van der Waals surface area contributed by atoms with Crippen LogP contribution in [-0.2, 0) is 6.54 Å². The summed E-state index contributed by atoms with van der Waals surface area (Å²) in [5.41, 5.74) is 2.74. The Morgan fingerprint density at radius 1 is 1.14 bits per heavy atom. The topological polar surface area (TPSA) is 60.2 Å². The summed E-state index contributed by atoms with van der Waals surface area (Å²) >= 11 is 5.91. The summed E-state index contributed by atoms with van der Waals surface area (Å²) in [6, 6.07) is 13.6. The van der Waals surface area contributed by atoms with Crippen LogP contribution in [0.25, 0.3) is 5.57 Å². The lowest BCUT2D eigenvalue weighted by molar-refractivity contribution is 0.200. The van der Waals surface area contributed by atoms with E-state index in [-0.39, 0.29) is 11.9 Å². The maximum absolute atomic E-state index is 13.1. The third kappa shape index (κ3) is 4.24. The molecule has 0 fully saturated rings. The van der Waals surface area contributed by atoms with Gasteiger partial charge in [0.25, 0.3) is 0 Å². The van der Waals surface area contributed by atoms with Crippen LogP contribution in [0.2, 0.25) is 5.02 Å². The molecule has 1 aliphatic carbocycles. The van der Waals surface area contributed by atoms with Crippen molar-refractivity contribution < 1.29 is 9.50 Å². The average molecular weight is 399 g/mol. The molecule has 4 rings (SSSR count). The average Bonchev–Trinajstić information content (AvgIpc) is 3.06. The molecule has 1 heterocycles. The zero-order valence-corrected chi connectivity index (χ0v) is 15.9. The SMILES string of the molecule is OC1C(c2ccc(F)cc2)=CCC1NC1=NCN(Cc2ccc(Cl)cc2)C=N1. The predicted molar refractivity (Wildman–Crippen MR) is 110 cm³/mol. The third-order valence-corrected chi connectivity index (χ3v) is 5.08. The second kappa shape index (κ2) is 8.12. The molecule has 5 nitrogen and oxygen atoms in total. The van der Waals surface area contributed by atoms with Gasteiger partial charge in [0, 0.05) is 11.6 Å². The van der Waals surface area contributed by atoms with Gasteiger partial charge in [-0.05, 0) is 47.4 Å². The monoisotopic (exact) mass is 398 g/mol. The summed E-state index contributed by atoms with van der Waals surface area (Å²) in [6.45, 7) is 1.18. The number of aliphatic imine (C=N–C) groups is 2. The van der Waals surface area contributed by atoms with Crippen molar-refractivity contribution in [3.63, 3.8) is 0 Å². The van der Waals surface area contributed by atoms with Gasteiger partial charge in [-0.15, -0.1) is 0 Å². The molecule has 2 aromatic carbocycles. The molecular weight excluding hydrogens is 379 g/mol. The van der Waals surface area contributed by atoms with Crippen LogP contribution in [0.3, 0.4) is 0 Å². The van der Waals surface area contributed by atoms with Crippen molar-refractivity contribution in [3.8, 4) is 0 Å². The van der Waals surface area contributed by atoms with Gasteiger partial charge in [-0.3, -0.25) is 0 Å². The van der Waals surface area contributed by atoms with Gasteiger partial charge in [-0.2, -0.15) is 0 Å². The van der Waals surface area contributed by atoms with Crippen molar-refractivity contribution in [2.24, 2.45) is 9.98 Å². The van der Waals surface area contributed by atoms with Crippen molar-refractivity contribution in [2.45, 2.75) is 25.1 Å². The lowest BCUT2D eigenvalue weighted by atomic mass is 10.0. The van der Waals surface area contributed by atoms with E-state index >= 15 is 0 Å². The van der Waals surface area contributed by atoms with Crippen molar-refractivity contribution in [3.05, 3.63) is 76.6 Å². The minimum atomic E-state index is -0.699. The Kier molecular flexibility index (Phi) is 5.41. The number of rotatable bonds is 4. The van der Waals surface area contributed by atoms with E-state index in [0.29, 0.717) is 30.6 Å². The van der Waals surface area contributed by atoms with E-state index in [1.54, 1.807) is 18.5 Å². The maximum Gasteiger partial charge on any atom is 0.221 e. The normalized spacial score (nSPS) is 21.5. The zero-order valence-electron chi connectivity index (χ0n) is 15.1. The molecule has 7 heteroatoms. The van der Waals surface area contributed by atoms with Crippen LogP contribution in [0.15, 0.2) is 64.6 Å². The van der Waals surface area contributed by atoms with Gasteiger partial charge in [0.05, 0.1) is 18.5 Å². The number of hydrogen-bond acceptors (Lipinski definition) is 5. The largest absolute Gasteiger partial charge is 0.386 e. The Labute approximate surface area is 167 Å². The van der Waals surface area contributed by atoms with Crippen LogP contribution in [0.5, 0.6) is 0 Å². The molecule has 0 saturated heterocycles. The summed E-state index contributed by atoms with van der Waals surface area (Å²) in [7, 11) is 0. The predicted octanol–water partition coefficient (Wildman–Crippen LogP) is 3.44. The first-order valence-electron chi connectivity index (χ1n) is 9.06. The highest BCUT2D eigenvalue weighted by Crippen LogP contribution is 2.29. The molecule has 2 atom stereocenters. The second-order valence-corrected chi connectivity index (χ2v) is 7.28. The fraction of sp³-hybridized carbons (Fsp3) is 0.238. The molecule has 0 aromatic heterocycles. The van der Waals surface area contributed by atoms with E-state index < -0.39 is 6.10 Å². The first kappa shape index (κ1) is 18.7. The number of aliphatic hydroxyl groups is 1. The third-order valence-electron chi connectivity index (χ3n) is 4.83. The zero-order chi connectivity index (χ0) is 19.5. The highest BCUT2D eigenvalue weighted by Gasteiger charge is 2.29. The molecule has 1 aliphatic heterocycles. The van der Waals surface area contributed by atoms with Crippen LogP contribution in [0.1, 0.15) is 17.5 Å². The van der Waals surface area contributed by atoms with Gasteiger partial charge in [-0.1, -0.05) is 41.9 Å². The summed E-state index contributed by atoms with van der Waals surface area (Å²) < 4.78 is 13.1. The van der Waals surface area contributed by atoms with Crippen LogP contribution in [-0.4, -0.2) is 41.1 Å². The van der Waals surface area contributed by atoms with Gasteiger partial charge < -0.3 is 15.3 Å². The quantitative estimate of drug-likeness (QED) is 0.829. The smallest absolute Gasteiger partial charge is 0.221 e. The molecule has 2 N–H and O–H groups in total. The van der Waals surface area contributed by atoms with Crippen molar-refractivity contribution in [1.82, 2.24) is 10.2 Å². The Balaban J connectivity index is 1.32. The lowest BCUT2D eigenvalue weighted by Crippen LogP contribution is -2.42. The number of nitrogens with zero attached hydrogens (tertiary/aromatic N) is 3. The molecule has 2 aromatic rings. The molecule has 0 radical (unpaired) electrons. The number of guanidine groups is 1. The standard InChI is InChI=1S/C21H20ClFN4O/c22-16-5-1-14(2-6-16)11-27-12-24-21(25-13-27)26-19-10-9-18(20(19)28)15-3-7-17(23)8-4-15/h1-9,12,19-20,28H,10-11,13H2,(H,25,26). The molecule has 0 amide bonds. The fourth-order valence-corrected chi connectivity index (χ4v) is 3.45. The van der Waals surface area contributed by atoms with Crippen LogP contribution in [0, 0.1) is 5.82 Å². The van der Waals surface area contributed by atoms with E-state index in [2.05, 4.69) is 15.3 Å². The molecule has 0 bridgehead atoms. The minimum Gasteiger partial charge on any atom is -0.386 e. The first-order valence-corrected chi connectivity index (χ1v) is 9.44. The van der Waals surface area contributed by atoms with Gasteiger partial charge >= 0.3 is 0 Å². The number of halogens is 2. The van der Waals surface area contributed by atoms with E-state index in [0.717, 1.165) is 16.7 Å². The Bertz CT molecular complexity index is 924. The first-order chi connectivity index (χ1) is 13.6. The van der Waals surface area contributed by atoms with Gasteiger partial charge in [0.15, 0.2) is 0 Å². The Morgan fingerprint density at radius 3 is 2.57 bits per heavy atom. The van der Waals surface area contributed by atoms with Crippen molar-refractivity contribution in [2.75, 3.05) is 6.67 Å². The van der Waals surface area contributed by atoms with Gasteiger partial charge in [-0.25, -0.2) is 14.4 Å². The Hall–Kier alpha value is -2.70. The highest BCUT2D eigenvalue weighted by atomic mass is 35.5. The van der Waals surface area contributed by atoms with E-state index in [9.17, 15) is 9.50 Å². The summed E-state index contributed by atoms with van der Waals surface area (Å²) in [5.74, 6) is 0.214. The summed E-state index contributed by atoms with van der Waals surface area (Å²) in [5, 5.41) is 14.5. The van der Waals surface area contributed by atoms with E-state index in [4.69, 9.17) is 11.6 Å². The van der Waals surface area contributed by atoms with Crippen molar-refractivity contribution in [1.29, 1.82) is 0 Å².